The summed E-state index contributed by atoms with van der Waals surface area (Å²) in [5.74, 6) is 1.69. The minimum Gasteiger partial charge on any atom is -0.460 e. The lowest BCUT2D eigenvalue weighted by Crippen LogP contribution is -2.41. The van der Waals surface area contributed by atoms with E-state index >= 15 is 0 Å². The Kier molecular flexibility index (Phi) is 5.12. The van der Waals surface area contributed by atoms with Gasteiger partial charge in [-0.25, -0.2) is 0 Å². The number of H-pyrrole nitrogens is 1. The minimum absolute atomic E-state index is 0.0655. The van der Waals surface area contributed by atoms with E-state index in [-0.39, 0.29) is 5.91 Å². The smallest absolute Gasteiger partial charge is 0.234 e. The monoisotopic (exact) mass is 316 g/mol. The number of carbonyl (C=O) groups excluding carboxylic acids is 1. The second-order valence-electron chi connectivity index (χ2n) is 6.19. The first-order valence-corrected chi connectivity index (χ1v) is 8.31. The molecule has 0 radical (unpaired) electrons. The van der Waals surface area contributed by atoms with Gasteiger partial charge in [-0.3, -0.25) is 9.89 Å². The van der Waals surface area contributed by atoms with E-state index in [4.69, 9.17) is 4.42 Å². The lowest BCUT2D eigenvalue weighted by atomic mass is 9.95. The Morgan fingerprint density at radius 2 is 2.17 bits per heavy atom. The van der Waals surface area contributed by atoms with Crippen LogP contribution in [0.2, 0.25) is 0 Å². The molecule has 0 aromatic carbocycles. The van der Waals surface area contributed by atoms with Crippen molar-refractivity contribution in [2.24, 2.45) is 0 Å². The van der Waals surface area contributed by atoms with Crippen LogP contribution in [0.5, 0.6) is 0 Å². The fourth-order valence-electron chi connectivity index (χ4n) is 3.06. The van der Waals surface area contributed by atoms with Gasteiger partial charge in [-0.05, 0) is 31.9 Å². The largest absolute Gasteiger partial charge is 0.460 e. The summed E-state index contributed by atoms with van der Waals surface area (Å²) in [6.45, 7) is 2.80. The van der Waals surface area contributed by atoms with Crippen LogP contribution in [0.25, 0.3) is 11.5 Å². The minimum atomic E-state index is 0.0655. The molecule has 1 aliphatic rings. The van der Waals surface area contributed by atoms with E-state index in [2.05, 4.69) is 20.8 Å². The van der Waals surface area contributed by atoms with Crippen molar-refractivity contribution in [3.05, 3.63) is 29.7 Å². The molecule has 1 aliphatic carbocycles. The molecule has 3 rings (SSSR count). The van der Waals surface area contributed by atoms with E-state index < -0.39 is 0 Å². The lowest BCUT2D eigenvalue weighted by molar-refractivity contribution is -0.121. The van der Waals surface area contributed by atoms with E-state index in [9.17, 15) is 4.79 Å². The van der Waals surface area contributed by atoms with Gasteiger partial charge in [0.05, 0.1) is 12.7 Å². The van der Waals surface area contributed by atoms with Gasteiger partial charge in [0.15, 0.2) is 5.76 Å². The lowest BCUT2D eigenvalue weighted by Gasteiger charge is -2.22. The summed E-state index contributed by atoms with van der Waals surface area (Å²) in [5.41, 5.74) is 1.85. The molecule has 3 N–H and O–H groups in total. The third-order valence-electron chi connectivity index (χ3n) is 4.28. The van der Waals surface area contributed by atoms with Crippen molar-refractivity contribution in [2.45, 2.75) is 51.6 Å². The number of amides is 1. The number of aryl methyl sites for hydroxylation is 1. The summed E-state index contributed by atoms with van der Waals surface area (Å²) < 4.78 is 5.62. The van der Waals surface area contributed by atoms with Crippen molar-refractivity contribution in [3.8, 4) is 11.5 Å². The molecule has 6 nitrogen and oxygen atoms in total. The van der Waals surface area contributed by atoms with Crippen LogP contribution in [0.4, 0.5) is 0 Å². The molecule has 0 saturated heterocycles. The fourth-order valence-corrected chi connectivity index (χ4v) is 3.06. The topological polar surface area (TPSA) is 83.0 Å². The zero-order valence-corrected chi connectivity index (χ0v) is 13.5. The second kappa shape index (κ2) is 7.46. The Labute approximate surface area is 136 Å². The van der Waals surface area contributed by atoms with Crippen LogP contribution < -0.4 is 10.6 Å². The fraction of sp³-hybridized carbons (Fsp3) is 0.529. The molecule has 1 saturated carbocycles. The Hall–Kier alpha value is -2.08. The van der Waals surface area contributed by atoms with E-state index in [1.54, 1.807) is 6.20 Å². The van der Waals surface area contributed by atoms with Crippen molar-refractivity contribution in [3.63, 3.8) is 0 Å². The number of aromatic amines is 1. The second-order valence-corrected chi connectivity index (χ2v) is 6.19. The molecule has 2 aromatic heterocycles. The van der Waals surface area contributed by atoms with Crippen LogP contribution >= 0.6 is 0 Å². The maximum Gasteiger partial charge on any atom is 0.234 e. The van der Waals surface area contributed by atoms with Crippen molar-refractivity contribution in [1.82, 2.24) is 20.8 Å². The maximum atomic E-state index is 12.0. The highest BCUT2D eigenvalue weighted by Gasteiger charge is 2.16. The Morgan fingerprint density at radius 1 is 1.35 bits per heavy atom. The van der Waals surface area contributed by atoms with Crippen LogP contribution in [0.3, 0.4) is 0 Å². The summed E-state index contributed by atoms with van der Waals surface area (Å²) in [7, 11) is 0. The van der Waals surface area contributed by atoms with E-state index in [1.165, 1.54) is 19.3 Å². The van der Waals surface area contributed by atoms with Crippen LogP contribution in [0.15, 0.2) is 22.7 Å². The molecule has 124 valence electrons. The molecule has 1 amide bonds. The van der Waals surface area contributed by atoms with E-state index in [0.29, 0.717) is 19.1 Å². The first-order valence-electron chi connectivity index (χ1n) is 8.31. The molecule has 2 heterocycles. The van der Waals surface area contributed by atoms with Gasteiger partial charge in [0.2, 0.25) is 5.91 Å². The van der Waals surface area contributed by atoms with Crippen LogP contribution in [0.1, 0.15) is 43.4 Å². The van der Waals surface area contributed by atoms with Crippen molar-refractivity contribution in [1.29, 1.82) is 0 Å². The number of hydrogen-bond donors (Lipinski definition) is 3. The molecule has 2 aromatic rings. The standard InChI is InChI=1S/C17H24N4O2/c1-12-7-8-15(23-12)17-13(10-19-21-17)9-18-11-16(22)20-14-5-3-2-4-6-14/h7-8,10,14,18H,2-6,9,11H2,1H3,(H,19,21)(H,20,22). The van der Waals surface area contributed by atoms with Crippen molar-refractivity contribution in [2.75, 3.05) is 6.54 Å². The van der Waals surface area contributed by atoms with Gasteiger partial charge in [-0.15, -0.1) is 0 Å². The summed E-state index contributed by atoms with van der Waals surface area (Å²) in [6.07, 6.45) is 7.71. The highest BCUT2D eigenvalue weighted by atomic mass is 16.3. The van der Waals surface area contributed by atoms with E-state index in [1.807, 2.05) is 19.1 Å². The predicted molar refractivity (Wildman–Crippen MR) is 87.7 cm³/mol. The van der Waals surface area contributed by atoms with Crippen molar-refractivity contribution < 1.29 is 9.21 Å². The molecule has 23 heavy (non-hydrogen) atoms. The third kappa shape index (κ3) is 4.22. The number of nitrogens with zero attached hydrogens (tertiary/aromatic N) is 1. The molecule has 0 unspecified atom stereocenters. The van der Waals surface area contributed by atoms with Gasteiger partial charge in [0, 0.05) is 18.2 Å². The number of rotatable bonds is 6. The summed E-state index contributed by atoms with van der Waals surface area (Å²) in [5, 5.41) is 13.3. The van der Waals surface area contributed by atoms with Gasteiger partial charge in [-0.1, -0.05) is 19.3 Å². The summed E-state index contributed by atoms with van der Waals surface area (Å²) in [6, 6.07) is 4.20. The van der Waals surface area contributed by atoms with Gasteiger partial charge < -0.3 is 15.1 Å². The average Bonchev–Trinajstić information content (AvgIpc) is 3.17. The SMILES string of the molecule is Cc1ccc(-c2[nH]ncc2CNCC(=O)NC2CCCCC2)o1. The van der Waals surface area contributed by atoms with E-state index in [0.717, 1.165) is 35.6 Å². The van der Waals surface area contributed by atoms with Crippen LogP contribution in [-0.4, -0.2) is 28.7 Å². The summed E-state index contributed by atoms with van der Waals surface area (Å²) in [4.78, 5) is 12.0. The molecule has 0 bridgehead atoms. The number of hydrogen-bond acceptors (Lipinski definition) is 4. The maximum absolute atomic E-state index is 12.0. The molecule has 0 spiro atoms. The van der Waals surface area contributed by atoms with Crippen LogP contribution in [-0.2, 0) is 11.3 Å². The predicted octanol–water partition coefficient (Wildman–Crippen LogP) is 2.52. The first-order chi connectivity index (χ1) is 11.2. The van der Waals surface area contributed by atoms with Crippen LogP contribution in [0, 0.1) is 6.92 Å². The number of aromatic nitrogens is 2. The normalized spacial score (nSPS) is 15.7. The molecule has 1 fully saturated rings. The Bertz CT molecular complexity index is 641. The number of nitrogens with one attached hydrogen (secondary N) is 3. The molecule has 0 aliphatic heterocycles. The average molecular weight is 316 g/mol. The zero-order chi connectivity index (χ0) is 16.1. The molecular weight excluding hydrogens is 292 g/mol. The highest BCUT2D eigenvalue weighted by molar-refractivity contribution is 5.78. The highest BCUT2D eigenvalue weighted by Crippen LogP contribution is 2.23. The van der Waals surface area contributed by atoms with Crippen molar-refractivity contribution >= 4 is 5.91 Å². The van der Waals surface area contributed by atoms with Gasteiger partial charge in [0.1, 0.15) is 11.5 Å². The quantitative estimate of drug-likeness (QED) is 0.765. The number of furan rings is 1. The molecule has 0 atom stereocenters. The zero-order valence-electron chi connectivity index (χ0n) is 13.5. The first kappa shape index (κ1) is 15.8. The summed E-state index contributed by atoms with van der Waals surface area (Å²) >= 11 is 0. The van der Waals surface area contributed by atoms with Gasteiger partial charge in [0.25, 0.3) is 0 Å². The molecular formula is C17H24N4O2. The Morgan fingerprint density at radius 3 is 2.91 bits per heavy atom. The number of carbonyl (C=O) groups is 1. The third-order valence-corrected chi connectivity index (χ3v) is 4.28. The Balaban J connectivity index is 1.47. The van der Waals surface area contributed by atoms with Gasteiger partial charge >= 0.3 is 0 Å². The van der Waals surface area contributed by atoms with Gasteiger partial charge in [-0.2, -0.15) is 5.10 Å². The molecule has 6 heteroatoms.